The molecule has 0 heterocycles. The predicted molar refractivity (Wildman–Crippen MR) is 106 cm³/mol. The van der Waals surface area contributed by atoms with E-state index in [1.54, 1.807) is 6.07 Å². The van der Waals surface area contributed by atoms with E-state index < -0.39 is 16.9 Å². The molecular weight excluding hydrogens is 386 g/mol. The molecule has 1 aromatic rings. The van der Waals surface area contributed by atoms with Gasteiger partial charge in [0, 0.05) is 0 Å². The molecule has 156 valence electrons. The van der Waals surface area contributed by atoms with E-state index in [4.69, 9.17) is 21.1 Å². The van der Waals surface area contributed by atoms with Gasteiger partial charge in [-0.25, -0.2) is 0 Å². The molecule has 1 aromatic carbocycles. The number of carbonyl (C=O) groups is 2. The van der Waals surface area contributed by atoms with E-state index in [0.29, 0.717) is 6.61 Å². The van der Waals surface area contributed by atoms with Crippen LogP contribution in [0, 0.1) is 10.1 Å². The van der Waals surface area contributed by atoms with Crippen LogP contribution in [0.3, 0.4) is 0 Å². The zero-order valence-electron chi connectivity index (χ0n) is 16.3. The minimum Gasteiger partial charge on any atom is -0.466 e. The number of para-hydroxylation sites is 1. The molecule has 0 aliphatic rings. The van der Waals surface area contributed by atoms with Crippen LogP contribution in [0.5, 0.6) is 0 Å². The Morgan fingerprint density at radius 1 is 1.00 bits per heavy atom. The van der Waals surface area contributed by atoms with Gasteiger partial charge in [0.2, 0.25) is 0 Å². The number of carbonyl (C=O) groups excluding carboxylic acids is 2. The summed E-state index contributed by atoms with van der Waals surface area (Å²) in [6.07, 6.45) is 7.70. The number of benzene rings is 1. The Morgan fingerprint density at radius 2 is 1.61 bits per heavy atom. The third kappa shape index (κ3) is 9.69. The van der Waals surface area contributed by atoms with Crippen molar-refractivity contribution in [1.29, 1.82) is 0 Å². The van der Waals surface area contributed by atoms with Crippen LogP contribution in [0.15, 0.2) is 18.2 Å². The smallest absolute Gasteiger partial charge is 0.306 e. The molecule has 0 bridgehead atoms. The van der Waals surface area contributed by atoms with Gasteiger partial charge in [0.25, 0.3) is 5.69 Å². The van der Waals surface area contributed by atoms with Gasteiger partial charge in [-0.1, -0.05) is 63.1 Å². The largest absolute Gasteiger partial charge is 0.466 e. The minimum absolute atomic E-state index is 0.0208. The highest BCUT2D eigenvalue weighted by molar-refractivity contribution is 6.32. The van der Waals surface area contributed by atoms with Gasteiger partial charge in [-0.05, 0) is 18.6 Å². The van der Waals surface area contributed by atoms with Crippen LogP contribution in [0.1, 0.15) is 70.3 Å². The molecule has 0 aliphatic carbocycles. The van der Waals surface area contributed by atoms with Gasteiger partial charge < -0.3 is 9.47 Å². The summed E-state index contributed by atoms with van der Waals surface area (Å²) >= 11 is 5.80. The molecule has 7 nitrogen and oxygen atoms in total. The topological polar surface area (TPSA) is 95.7 Å². The van der Waals surface area contributed by atoms with Crippen LogP contribution >= 0.6 is 11.6 Å². The first-order valence-electron chi connectivity index (χ1n) is 9.68. The van der Waals surface area contributed by atoms with Gasteiger partial charge >= 0.3 is 11.9 Å². The standard InChI is InChI=1S/C20H28ClNO6/c1-2-3-4-5-6-7-8-14-27-18(23)12-13-19(24)28-15-16-10-9-11-17(21)20(16)22(25)26/h9-11H,2-8,12-15H2,1H3. The lowest BCUT2D eigenvalue weighted by atomic mass is 10.1. The van der Waals surface area contributed by atoms with Crippen molar-refractivity contribution in [3.63, 3.8) is 0 Å². The number of rotatable bonds is 14. The number of nitro benzene ring substituents is 1. The van der Waals surface area contributed by atoms with E-state index >= 15 is 0 Å². The predicted octanol–water partition coefficient (Wildman–Crippen LogP) is 5.37. The Bertz CT molecular complexity index is 650. The SMILES string of the molecule is CCCCCCCCCOC(=O)CCC(=O)OCc1cccc(Cl)c1[N+](=O)[O-]. The van der Waals surface area contributed by atoms with Gasteiger partial charge in [-0.2, -0.15) is 0 Å². The first kappa shape index (κ1) is 23.9. The molecular formula is C20H28ClNO6. The van der Waals surface area contributed by atoms with Crippen LogP contribution in [0.2, 0.25) is 5.02 Å². The summed E-state index contributed by atoms with van der Waals surface area (Å²) in [5.41, 5.74) is -0.0848. The van der Waals surface area contributed by atoms with Crippen molar-refractivity contribution in [2.45, 2.75) is 71.3 Å². The summed E-state index contributed by atoms with van der Waals surface area (Å²) < 4.78 is 10.1. The van der Waals surface area contributed by atoms with E-state index in [0.717, 1.165) is 19.3 Å². The maximum absolute atomic E-state index is 11.8. The Kier molecular flexibility index (Phi) is 11.9. The Morgan fingerprint density at radius 3 is 2.25 bits per heavy atom. The van der Waals surface area contributed by atoms with Crippen LogP contribution in [0.25, 0.3) is 0 Å². The third-order valence-corrected chi connectivity index (χ3v) is 4.49. The zero-order valence-corrected chi connectivity index (χ0v) is 17.0. The van der Waals surface area contributed by atoms with E-state index in [1.807, 2.05) is 0 Å². The van der Waals surface area contributed by atoms with E-state index in [9.17, 15) is 19.7 Å². The molecule has 0 saturated heterocycles. The number of esters is 2. The Labute approximate surface area is 170 Å². The Balaban J connectivity index is 2.19. The average molecular weight is 414 g/mol. The van der Waals surface area contributed by atoms with E-state index in [1.165, 1.54) is 37.8 Å². The van der Waals surface area contributed by atoms with Crippen LogP contribution in [0.4, 0.5) is 5.69 Å². The van der Waals surface area contributed by atoms with Crippen molar-refractivity contribution in [3.05, 3.63) is 38.9 Å². The molecule has 0 fully saturated rings. The number of ether oxygens (including phenoxy) is 2. The second kappa shape index (κ2) is 13.9. The van der Waals surface area contributed by atoms with Crippen molar-refractivity contribution >= 4 is 29.2 Å². The fraction of sp³-hybridized carbons (Fsp3) is 0.600. The van der Waals surface area contributed by atoms with Gasteiger partial charge in [-0.3, -0.25) is 19.7 Å². The monoisotopic (exact) mass is 413 g/mol. The fourth-order valence-electron chi connectivity index (χ4n) is 2.63. The number of nitro groups is 1. The molecule has 0 radical (unpaired) electrons. The lowest BCUT2D eigenvalue weighted by molar-refractivity contribution is -0.385. The van der Waals surface area contributed by atoms with Crippen LogP contribution in [-0.4, -0.2) is 23.5 Å². The minimum atomic E-state index is -0.623. The second-order valence-corrected chi connectivity index (χ2v) is 6.91. The number of hydrogen-bond acceptors (Lipinski definition) is 6. The molecule has 0 unspecified atom stereocenters. The normalized spacial score (nSPS) is 10.5. The molecule has 8 heteroatoms. The maximum Gasteiger partial charge on any atom is 0.306 e. The van der Waals surface area contributed by atoms with E-state index in [-0.39, 0.29) is 35.7 Å². The van der Waals surface area contributed by atoms with Crippen molar-refractivity contribution in [2.24, 2.45) is 0 Å². The lowest BCUT2D eigenvalue weighted by Gasteiger charge is -2.07. The highest BCUT2D eigenvalue weighted by Gasteiger charge is 2.19. The highest BCUT2D eigenvalue weighted by atomic mass is 35.5. The van der Waals surface area contributed by atoms with Gasteiger partial charge in [0.1, 0.15) is 11.6 Å². The second-order valence-electron chi connectivity index (χ2n) is 6.51. The third-order valence-electron chi connectivity index (χ3n) is 4.19. The lowest BCUT2D eigenvalue weighted by Crippen LogP contribution is -2.11. The summed E-state index contributed by atoms with van der Waals surface area (Å²) in [5.74, 6) is -1.07. The molecule has 0 N–H and O–H groups in total. The van der Waals surface area contributed by atoms with Crippen molar-refractivity contribution in [1.82, 2.24) is 0 Å². The van der Waals surface area contributed by atoms with Crippen molar-refractivity contribution in [2.75, 3.05) is 6.61 Å². The fourth-order valence-corrected chi connectivity index (χ4v) is 2.90. The molecule has 28 heavy (non-hydrogen) atoms. The van der Waals surface area contributed by atoms with Gasteiger partial charge in [0.15, 0.2) is 0 Å². The zero-order chi connectivity index (χ0) is 20.8. The molecule has 0 saturated carbocycles. The number of hydrogen-bond donors (Lipinski definition) is 0. The summed E-state index contributed by atoms with van der Waals surface area (Å²) in [6.45, 7) is 2.26. The molecule has 0 aliphatic heterocycles. The molecule has 0 aromatic heterocycles. The van der Waals surface area contributed by atoms with Gasteiger partial charge in [-0.15, -0.1) is 0 Å². The molecule has 0 atom stereocenters. The number of halogens is 1. The van der Waals surface area contributed by atoms with Gasteiger partial charge in [0.05, 0.1) is 29.9 Å². The Hall–Kier alpha value is -2.15. The first-order valence-corrected chi connectivity index (χ1v) is 10.1. The molecule has 0 amide bonds. The number of unbranched alkanes of at least 4 members (excludes halogenated alkanes) is 6. The molecule has 0 spiro atoms. The summed E-state index contributed by atoms with van der Waals surface area (Å²) in [5, 5.41) is 11.0. The van der Waals surface area contributed by atoms with Crippen molar-refractivity contribution in [3.8, 4) is 0 Å². The van der Waals surface area contributed by atoms with Crippen molar-refractivity contribution < 1.29 is 24.0 Å². The summed E-state index contributed by atoms with van der Waals surface area (Å²) in [6, 6.07) is 4.40. The summed E-state index contributed by atoms with van der Waals surface area (Å²) in [4.78, 5) is 33.8. The van der Waals surface area contributed by atoms with Crippen LogP contribution in [-0.2, 0) is 25.7 Å². The highest BCUT2D eigenvalue weighted by Crippen LogP contribution is 2.28. The quantitative estimate of drug-likeness (QED) is 0.176. The average Bonchev–Trinajstić information content (AvgIpc) is 2.66. The van der Waals surface area contributed by atoms with Crippen LogP contribution < -0.4 is 0 Å². The maximum atomic E-state index is 11.8. The molecule has 1 rings (SSSR count). The number of nitrogens with zero attached hydrogens (tertiary/aromatic N) is 1. The van der Waals surface area contributed by atoms with E-state index in [2.05, 4.69) is 6.92 Å². The first-order chi connectivity index (χ1) is 13.5. The summed E-state index contributed by atoms with van der Waals surface area (Å²) in [7, 11) is 0.